The van der Waals surface area contributed by atoms with Crippen molar-refractivity contribution in [2.45, 2.75) is 44.6 Å². The van der Waals surface area contributed by atoms with Gasteiger partial charge in [0.25, 0.3) is 0 Å². The van der Waals surface area contributed by atoms with Crippen molar-refractivity contribution < 1.29 is 13.9 Å². The first-order valence-electron chi connectivity index (χ1n) is 9.92. The third-order valence-electron chi connectivity index (χ3n) is 5.97. The number of amides is 1. The van der Waals surface area contributed by atoms with Crippen LogP contribution in [0.15, 0.2) is 24.3 Å². The molecule has 0 spiro atoms. The second-order valence-corrected chi connectivity index (χ2v) is 8.14. The SMILES string of the molecule is C[C@@H]1CN(C(=O)CN2CCC3NNC(c4ccccc4F)C3C2)C[C@H](C)O1. The van der Waals surface area contributed by atoms with Crippen molar-refractivity contribution in [1.82, 2.24) is 20.7 Å². The number of nitrogens with one attached hydrogen (secondary N) is 2. The molecule has 7 heteroatoms. The molecule has 0 radical (unpaired) electrons. The molecule has 3 saturated heterocycles. The van der Waals surface area contributed by atoms with E-state index in [4.69, 9.17) is 4.74 Å². The molecule has 4 rings (SSSR count). The van der Waals surface area contributed by atoms with Crippen LogP contribution in [-0.2, 0) is 9.53 Å². The highest BCUT2D eigenvalue weighted by atomic mass is 19.1. The summed E-state index contributed by atoms with van der Waals surface area (Å²) in [5.41, 5.74) is 7.30. The Balaban J connectivity index is 1.40. The van der Waals surface area contributed by atoms with Crippen molar-refractivity contribution >= 4 is 5.91 Å². The van der Waals surface area contributed by atoms with Gasteiger partial charge >= 0.3 is 0 Å². The minimum Gasteiger partial charge on any atom is -0.372 e. The van der Waals surface area contributed by atoms with Crippen molar-refractivity contribution in [3.05, 3.63) is 35.6 Å². The van der Waals surface area contributed by atoms with E-state index in [1.807, 2.05) is 30.9 Å². The highest BCUT2D eigenvalue weighted by molar-refractivity contribution is 5.78. The molecule has 1 aromatic rings. The van der Waals surface area contributed by atoms with Crippen molar-refractivity contribution in [2.24, 2.45) is 5.92 Å². The van der Waals surface area contributed by atoms with Crippen LogP contribution in [-0.4, -0.2) is 66.7 Å². The number of halogens is 1. The first-order chi connectivity index (χ1) is 13.0. The molecule has 3 heterocycles. The van der Waals surface area contributed by atoms with E-state index in [9.17, 15) is 9.18 Å². The Hall–Kier alpha value is -1.54. The van der Waals surface area contributed by atoms with Gasteiger partial charge < -0.3 is 9.64 Å². The molecule has 148 valence electrons. The van der Waals surface area contributed by atoms with Crippen LogP contribution >= 0.6 is 0 Å². The molecule has 3 unspecified atom stereocenters. The molecule has 3 fully saturated rings. The molecule has 0 aliphatic carbocycles. The zero-order valence-electron chi connectivity index (χ0n) is 16.0. The summed E-state index contributed by atoms with van der Waals surface area (Å²) >= 11 is 0. The number of hydrogen-bond donors (Lipinski definition) is 2. The summed E-state index contributed by atoms with van der Waals surface area (Å²) in [5, 5.41) is 0. The second-order valence-electron chi connectivity index (χ2n) is 8.14. The number of morpholine rings is 1. The maximum Gasteiger partial charge on any atom is 0.236 e. The van der Waals surface area contributed by atoms with E-state index in [1.165, 1.54) is 6.07 Å². The lowest BCUT2D eigenvalue weighted by Gasteiger charge is -2.39. The van der Waals surface area contributed by atoms with Gasteiger partial charge in [-0.1, -0.05) is 18.2 Å². The molecule has 5 atom stereocenters. The summed E-state index contributed by atoms with van der Waals surface area (Å²) in [6.45, 7) is 7.42. The minimum atomic E-state index is -0.179. The number of nitrogens with zero attached hydrogens (tertiary/aromatic N) is 2. The smallest absolute Gasteiger partial charge is 0.236 e. The highest BCUT2D eigenvalue weighted by Crippen LogP contribution is 2.34. The topological polar surface area (TPSA) is 56.8 Å². The number of hydrazine groups is 1. The molecule has 6 nitrogen and oxygen atoms in total. The Morgan fingerprint density at radius 3 is 2.67 bits per heavy atom. The molecular weight excluding hydrogens is 347 g/mol. The van der Waals surface area contributed by atoms with Crippen molar-refractivity contribution in [2.75, 3.05) is 32.7 Å². The van der Waals surface area contributed by atoms with E-state index < -0.39 is 0 Å². The number of fused-ring (bicyclic) bond motifs is 1. The summed E-state index contributed by atoms with van der Waals surface area (Å²) in [6, 6.07) is 7.18. The molecule has 3 aliphatic heterocycles. The van der Waals surface area contributed by atoms with Gasteiger partial charge in [0.05, 0.1) is 24.8 Å². The fourth-order valence-corrected chi connectivity index (χ4v) is 4.73. The Labute approximate surface area is 160 Å². The summed E-state index contributed by atoms with van der Waals surface area (Å²) in [4.78, 5) is 16.9. The number of ether oxygens (including phenoxy) is 1. The standard InChI is InChI=1S/C20H29FN4O2/c1-13-9-25(10-14(2)27-13)19(26)12-24-8-7-18-16(11-24)20(23-22-18)15-5-3-4-6-17(15)21/h3-6,13-14,16,18,20,22-23H,7-12H2,1-2H3/t13-,14+,16?,18?,20?. The second kappa shape index (κ2) is 7.83. The Kier molecular flexibility index (Phi) is 5.45. The van der Waals surface area contributed by atoms with E-state index in [0.717, 1.165) is 19.5 Å². The molecule has 3 aliphatic rings. The highest BCUT2D eigenvalue weighted by Gasteiger charge is 2.41. The van der Waals surface area contributed by atoms with Crippen molar-refractivity contribution in [3.63, 3.8) is 0 Å². The first-order valence-corrected chi connectivity index (χ1v) is 9.92. The molecule has 1 amide bonds. The minimum absolute atomic E-state index is 0.0717. The quantitative estimate of drug-likeness (QED) is 0.833. The largest absolute Gasteiger partial charge is 0.372 e. The number of carbonyl (C=O) groups is 1. The number of likely N-dealkylation sites (tertiary alicyclic amines) is 1. The van der Waals surface area contributed by atoms with Crippen LogP contribution < -0.4 is 10.9 Å². The number of carbonyl (C=O) groups excluding carboxylic acids is 1. The molecule has 0 saturated carbocycles. The average molecular weight is 376 g/mol. The number of rotatable bonds is 3. The Bertz CT molecular complexity index is 678. The summed E-state index contributed by atoms with van der Waals surface area (Å²) in [6.07, 6.45) is 1.11. The Morgan fingerprint density at radius 2 is 1.93 bits per heavy atom. The van der Waals surface area contributed by atoms with Gasteiger partial charge in [0.15, 0.2) is 0 Å². The zero-order chi connectivity index (χ0) is 19.0. The van der Waals surface area contributed by atoms with Crippen LogP contribution in [0.2, 0.25) is 0 Å². The van der Waals surface area contributed by atoms with Crippen molar-refractivity contribution in [1.29, 1.82) is 0 Å². The lowest BCUT2D eigenvalue weighted by atomic mass is 9.85. The van der Waals surface area contributed by atoms with Crippen molar-refractivity contribution in [3.8, 4) is 0 Å². The summed E-state index contributed by atoms with van der Waals surface area (Å²) < 4.78 is 20.0. The fourth-order valence-electron chi connectivity index (χ4n) is 4.73. The van der Waals surface area contributed by atoms with E-state index in [0.29, 0.717) is 31.2 Å². The Morgan fingerprint density at radius 1 is 1.19 bits per heavy atom. The van der Waals surface area contributed by atoms with Gasteiger partial charge in [0, 0.05) is 43.7 Å². The first kappa shape index (κ1) is 18.8. The van der Waals surface area contributed by atoms with Crippen LogP contribution in [0.3, 0.4) is 0 Å². The molecule has 1 aromatic carbocycles. The third kappa shape index (κ3) is 4.01. The third-order valence-corrected chi connectivity index (χ3v) is 5.97. The monoisotopic (exact) mass is 376 g/mol. The maximum atomic E-state index is 14.3. The lowest BCUT2D eigenvalue weighted by molar-refractivity contribution is -0.144. The zero-order valence-corrected chi connectivity index (χ0v) is 16.0. The molecule has 0 aromatic heterocycles. The summed E-state index contributed by atoms with van der Waals surface area (Å²) in [5.74, 6) is 0.227. The van der Waals surface area contributed by atoms with Crippen LogP contribution in [0.25, 0.3) is 0 Å². The van der Waals surface area contributed by atoms with Gasteiger partial charge in [-0.05, 0) is 26.3 Å². The average Bonchev–Trinajstić information content (AvgIpc) is 3.04. The van der Waals surface area contributed by atoms with E-state index in [2.05, 4.69) is 15.8 Å². The number of benzene rings is 1. The van der Waals surface area contributed by atoms with Crippen LogP contribution in [0, 0.1) is 11.7 Å². The van der Waals surface area contributed by atoms with Crippen LogP contribution in [0.5, 0.6) is 0 Å². The van der Waals surface area contributed by atoms with Crippen LogP contribution in [0.4, 0.5) is 4.39 Å². The molecule has 27 heavy (non-hydrogen) atoms. The summed E-state index contributed by atoms with van der Waals surface area (Å²) in [7, 11) is 0. The van der Waals surface area contributed by atoms with Gasteiger partial charge in [-0.2, -0.15) is 0 Å². The van der Waals surface area contributed by atoms with Gasteiger partial charge in [0.2, 0.25) is 5.91 Å². The lowest BCUT2D eigenvalue weighted by Crippen LogP contribution is -2.53. The van der Waals surface area contributed by atoms with Gasteiger partial charge in [-0.25, -0.2) is 9.82 Å². The number of piperidine rings is 1. The van der Waals surface area contributed by atoms with E-state index in [-0.39, 0.29) is 35.9 Å². The number of hydrogen-bond acceptors (Lipinski definition) is 5. The van der Waals surface area contributed by atoms with Gasteiger partial charge in [-0.3, -0.25) is 15.1 Å². The van der Waals surface area contributed by atoms with E-state index in [1.54, 1.807) is 6.07 Å². The molecular formula is C20H29FN4O2. The van der Waals surface area contributed by atoms with Crippen LogP contribution in [0.1, 0.15) is 31.9 Å². The molecule has 0 bridgehead atoms. The maximum absolute atomic E-state index is 14.3. The fraction of sp³-hybridized carbons (Fsp3) is 0.650. The molecule has 2 N–H and O–H groups in total. The van der Waals surface area contributed by atoms with E-state index >= 15 is 0 Å². The normalized spacial score (nSPS) is 34.5. The van der Waals surface area contributed by atoms with Gasteiger partial charge in [0.1, 0.15) is 5.82 Å². The predicted octanol–water partition coefficient (Wildman–Crippen LogP) is 1.30. The predicted molar refractivity (Wildman–Crippen MR) is 100 cm³/mol. The van der Waals surface area contributed by atoms with Gasteiger partial charge in [-0.15, -0.1) is 0 Å².